The first kappa shape index (κ1) is 14.5. The van der Waals surface area contributed by atoms with Crippen LogP contribution in [0.4, 0.5) is 0 Å². The lowest BCUT2D eigenvalue weighted by molar-refractivity contribution is 0.381. The number of hydrogen-bond acceptors (Lipinski definition) is 3. The summed E-state index contributed by atoms with van der Waals surface area (Å²) in [6.07, 6.45) is 1.13. The van der Waals surface area contributed by atoms with Crippen LogP contribution in [0.15, 0.2) is 0 Å². The van der Waals surface area contributed by atoms with Gasteiger partial charge in [0.2, 0.25) is 0 Å². The van der Waals surface area contributed by atoms with Crippen molar-refractivity contribution in [3.05, 3.63) is 0 Å². The molecule has 3 nitrogen and oxygen atoms in total. The zero-order valence-corrected chi connectivity index (χ0v) is 13.7. The Morgan fingerprint density at radius 1 is 1.07 bits per heavy atom. The highest BCUT2D eigenvalue weighted by Crippen LogP contribution is 2.07. The number of hydrogen-bond donors (Lipinski definition) is 1. The standard InChI is InChI=1S/C8H25NO2Si3/c1-7-8-9-14(6,10-12(2)3)11-13(4)5/h9,12-13H,7-8H2,1-6H3. The predicted octanol–water partition coefficient (Wildman–Crippen LogP) is 1.55. The van der Waals surface area contributed by atoms with Crippen LogP contribution in [0.2, 0.25) is 32.7 Å². The van der Waals surface area contributed by atoms with Crippen LogP contribution in [0.1, 0.15) is 13.3 Å². The Labute approximate surface area is 93.0 Å². The van der Waals surface area contributed by atoms with E-state index >= 15 is 0 Å². The molecule has 0 saturated carbocycles. The van der Waals surface area contributed by atoms with Crippen molar-refractivity contribution in [2.24, 2.45) is 0 Å². The molecule has 0 unspecified atom stereocenters. The van der Waals surface area contributed by atoms with E-state index in [0.717, 1.165) is 13.0 Å². The van der Waals surface area contributed by atoms with Crippen molar-refractivity contribution in [2.75, 3.05) is 6.54 Å². The van der Waals surface area contributed by atoms with E-state index in [4.69, 9.17) is 8.23 Å². The molecular formula is C8H25NO2Si3. The van der Waals surface area contributed by atoms with Gasteiger partial charge in [0.05, 0.1) is 0 Å². The van der Waals surface area contributed by atoms with Crippen LogP contribution in [0, 0.1) is 0 Å². The fourth-order valence-electron chi connectivity index (χ4n) is 1.36. The molecule has 0 saturated heterocycles. The van der Waals surface area contributed by atoms with Crippen molar-refractivity contribution in [3.8, 4) is 0 Å². The summed E-state index contributed by atoms with van der Waals surface area (Å²) in [5.74, 6) is 0. The molecule has 0 aromatic carbocycles. The van der Waals surface area contributed by atoms with E-state index in [1.165, 1.54) is 0 Å². The third-order valence-corrected chi connectivity index (χ3v) is 9.88. The summed E-state index contributed by atoms with van der Waals surface area (Å²) >= 11 is 0. The van der Waals surface area contributed by atoms with Crippen molar-refractivity contribution in [1.29, 1.82) is 0 Å². The summed E-state index contributed by atoms with van der Waals surface area (Å²) in [4.78, 5) is 3.47. The average molecular weight is 252 g/mol. The van der Waals surface area contributed by atoms with Crippen LogP contribution in [-0.2, 0) is 8.23 Å². The number of rotatable bonds is 7. The first-order chi connectivity index (χ1) is 6.39. The molecule has 86 valence electrons. The van der Waals surface area contributed by atoms with Gasteiger partial charge in [-0.1, -0.05) is 6.92 Å². The number of nitrogens with one attached hydrogen (secondary N) is 1. The highest BCUT2D eigenvalue weighted by Gasteiger charge is 2.33. The van der Waals surface area contributed by atoms with Crippen molar-refractivity contribution < 1.29 is 8.23 Å². The highest BCUT2D eigenvalue weighted by atomic mass is 28.5. The molecular weight excluding hydrogens is 226 g/mol. The Morgan fingerprint density at radius 3 is 1.79 bits per heavy atom. The van der Waals surface area contributed by atoms with Crippen molar-refractivity contribution in [2.45, 2.75) is 46.1 Å². The Kier molecular flexibility index (Phi) is 7.18. The molecule has 0 aliphatic rings. The minimum Gasteiger partial charge on any atom is -0.428 e. The molecule has 0 aliphatic heterocycles. The zero-order valence-electron chi connectivity index (χ0n) is 10.4. The van der Waals surface area contributed by atoms with Crippen LogP contribution in [0.5, 0.6) is 0 Å². The second-order valence-corrected chi connectivity index (χ2v) is 12.5. The lowest BCUT2D eigenvalue weighted by atomic mass is 10.5. The van der Waals surface area contributed by atoms with Crippen LogP contribution in [0.3, 0.4) is 0 Å². The molecule has 0 radical (unpaired) electrons. The summed E-state index contributed by atoms with van der Waals surface area (Å²) in [6, 6.07) is 0. The topological polar surface area (TPSA) is 30.5 Å². The molecule has 0 aromatic rings. The van der Waals surface area contributed by atoms with Crippen LogP contribution >= 0.6 is 0 Å². The van der Waals surface area contributed by atoms with Gasteiger partial charge in [0, 0.05) is 0 Å². The zero-order chi connectivity index (χ0) is 11.2. The smallest absolute Gasteiger partial charge is 0.400 e. The molecule has 0 aromatic heterocycles. The maximum absolute atomic E-state index is 6.03. The van der Waals surface area contributed by atoms with Crippen molar-refractivity contribution in [1.82, 2.24) is 4.98 Å². The minimum absolute atomic E-state index is 1.00. The quantitative estimate of drug-likeness (QED) is 0.697. The molecule has 0 bridgehead atoms. The lowest BCUT2D eigenvalue weighted by Gasteiger charge is -2.31. The summed E-state index contributed by atoms with van der Waals surface area (Å²) in [5, 5.41) is 0. The van der Waals surface area contributed by atoms with E-state index in [1.807, 2.05) is 0 Å². The Balaban J connectivity index is 4.17. The van der Waals surface area contributed by atoms with E-state index in [-0.39, 0.29) is 0 Å². The van der Waals surface area contributed by atoms with Gasteiger partial charge >= 0.3 is 8.72 Å². The van der Waals surface area contributed by atoms with Gasteiger partial charge in [0.15, 0.2) is 18.1 Å². The summed E-state index contributed by atoms with van der Waals surface area (Å²) in [5.41, 5.74) is 0. The van der Waals surface area contributed by atoms with Crippen molar-refractivity contribution in [3.63, 3.8) is 0 Å². The third-order valence-electron chi connectivity index (χ3n) is 1.62. The van der Waals surface area contributed by atoms with Crippen LogP contribution in [0.25, 0.3) is 0 Å². The van der Waals surface area contributed by atoms with Crippen LogP contribution in [-0.4, -0.2) is 33.3 Å². The summed E-state index contributed by atoms with van der Waals surface area (Å²) < 4.78 is 12.1. The third kappa shape index (κ3) is 6.91. The van der Waals surface area contributed by atoms with Gasteiger partial charge in [-0.05, 0) is 45.7 Å². The van der Waals surface area contributed by atoms with Crippen LogP contribution < -0.4 is 4.98 Å². The van der Waals surface area contributed by atoms with Gasteiger partial charge in [-0.3, -0.25) is 4.98 Å². The van der Waals surface area contributed by atoms with Gasteiger partial charge in [-0.25, -0.2) is 0 Å². The molecule has 0 heterocycles. The Hall–Kier alpha value is 0.531. The molecule has 0 spiro atoms. The molecule has 14 heavy (non-hydrogen) atoms. The first-order valence-corrected chi connectivity index (χ1v) is 13.4. The SMILES string of the molecule is CCCN[Si](C)(O[SiH](C)C)O[SiH](C)C. The Bertz CT molecular complexity index is 146. The monoisotopic (exact) mass is 251 g/mol. The Morgan fingerprint density at radius 2 is 1.50 bits per heavy atom. The second kappa shape index (κ2) is 6.91. The largest absolute Gasteiger partial charge is 0.428 e. The molecule has 0 fully saturated rings. The maximum atomic E-state index is 6.03. The van der Waals surface area contributed by atoms with Gasteiger partial charge in [0.1, 0.15) is 0 Å². The minimum atomic E-state index is -2.02. The molecule has 0 rings (SSSR count). The highest BCUT2D eigenvalue weighted by molar-refractivity contribution is 6.77. The van der Waals surface area contributed by atoms with Gasteiger partial charge in [0.25, 0.3) is 0 Å². The summed E-state index contributed by atoms with van der Waals surface area (Å²) in [7, 11) is -4.02. The molecule has 6 heteroatoms. The molecule has 0 aliphatic carbocycles. The van der Waals surface area contributed by atoms with E-state index in [2.05, 4.69) is 44.6 Å². The predicted molar refractivity (Wildman–Crippen MR) is 69.8 cm³/mol. The first-order valence-electron chi connectivity index (χ1n) is 5.50. The van der Waals surface area contributed by atoms with Gasteiger partial charge in [-0.2, -0.15) is 0 Å². The van der Waals surface area contributed by atoms with E-state index in [1.54, 1.807) is 0 Å². The molecule has 0 amide bonds. The molecule has 1 N–H and O–H groups in total. The van der Waals surface area contributed by atoms with Crippen molar-refractivity contribution >= 4 is 26.8 Å². The fraction of sp³-hybridized carbons (Fsp3) is 1.00. The van der Waals surface area contributed by atoms with E-state index < -0.39 is 26.8 Å². The van der Waals surface area contributed by atoms with E-state index in [0.29, 0.717) is 0 Å². The maximum Gasteiger partial charge on any atom is 0.400 e. The fourth-order valence-corrected chi connectivity index (χ4v) is 10.7. The van der Waals surface area contributed by atoms with Gasteiger partial charge < -0.3 is 8.23 Å². The second-order valence-electron chi connectivity index (χ2n) is 4.21. The average Bonchev–Trinajstić information content (AvgIpc) is 1.97. The summed E-state index contributed by atoms with van der Waals surface area (Å²) in [6.45, 7) is 14.1. The van der Waals surface area contributed by atoms with Gasteiger partial charge in [-0.15, -0.1) is 0 Å². The normalized spacial score (nSPS) is 12.9. The lowest BCUT2D eigenvalue weighted by Crippen LogP contribution is -2.57. The van der Waals surface area contributed by atoms with E-state index in [9.17, 15) is 0 Å². The molecule has 0 atom stereocenters.